The molecule has 0 aliphatic heterocycles. The Kier molecular flexibility index (Phi) is 4.79. The van der Waals surface area contributed by atoms with E-state index in [0.29, 0.717) is 0 Å². The van der Waals surface area contributed by atoms with Crippen molar-refractivity contribution >= 4 is 23.0 Å². The quantitative estimate of drug-likeness (QED) is 0.254. The molecule has 98 valence electrons. The van der Waals surface area contributed by atoms with Crippen LogP contribution in [0.1, 0.15) is 25.3 Å². The van der Waals surface area contributed by atoms with Gasteiger partial charge in [0.15, 0.2) is 0 Å². The fraction of sp³-hybridized carbons (Fsp3) is 0.250. The monoisotopic (exact) mass is 261 g/mol. The van der Waals surface area contributed by atoms with Gasteiger partial charge in [-0.05, 0) is 19.1 Å². The Morgan fingerprint density at radius 1 is 1.26 bits per heavy atom. The van der Waals surface area contributed by atoms with Gasteiger partial charge in [0.05, 0.1) is 10.5 Å². The van der Waals surface area contributed by atoms with Crippen LogP contribution in [0.4, 0.5) is 5.69 Å². The molecule has 0 N–H and O–H groups in total. The van der Waals surface area contributed by atoms with E-state index < -0.39 is 10.7 Å². The molecule has 0 unspecified atom stereocenters. The van der Waals surface area contributed by atoms with E-state index in [9.17, 15) is 19.7 Å². The second-order valence-electron chi connectivity index (χ2n) is 3.88. The van der Waals surface area contributed by atoms with Crippen LogP contribution in [0.3, 0.4) is 0 Å². The molecule has 0 atom stereocenters. The third-order valence-corrected chi connectivity index (χ3v) is 2.42. The highest BCUT2D eigenvalue weighted by atomic mass is 16.6. The first-order chi connectivity index (χ1) is 8.95. The Morgan fingerprint density at radius 3 is 2.26 bits per heavy atom. The molecule has 0 bridgehead atoms. The lowest BCUT2D eigenvalue weighted by molar-refractivity contribution is -0.384. The number of non-ortho nitro benzene ring substituents is 1. The number of benzene rings is 1. The molecule has 1 aromatic carbocycles. The summed E-state index contributed by atoms with van der Waals surface area (Å²) in [6.07, 6.45) is -0.00342. The highest BCUT2D eigenvalue weighted by Crippen LogP contribution is 2.13. The standard InChI is InChI=1S/C12H11N3O4/c1-8(16)2-7-11(17)12(14-13)9-3-5-10(6-4-9)15(18)19/h3-6H,2,7H2,1H3. The van der Waals surface area contributed by atoms with Crippen LogP contribution in [0.15, 0.2) is 24.3 Å². The second-order valence-corrected chi connectivity index (χ2v) is 3.88. The number of carbonyl (C=O) groups is 2. The molecule has 0 saturated heterocycles. The van der Waals surface area contributed by atoms with Crippen molar-refractivity contribution in [2.45, 2.75) is 19.8 Å². The van der Waals surface area contributed by atoms with Crippen molar-refractivity contribution in [3.05, 3.63) is 45.5 Å². The van der Waals surface area contributed by atoms with Crippen LogP contribution in [0.5, 0.6) is 0 Å². The van der Waals surface area contributed by atoms with Crippen LogP contribution in [0.25, 0.3) is 5.53 Å². The van der Waals surface area contributed by atoms with Gasteiger partial charge in [-0.15, -0.1) is 0 Å². The van der Waals surface area contributed by atoms with E-state index in [1.165, 1.54) is 31.2 Å². The van der Waals surface area contributed by atoms with Crippen LogP contribution in [0.2, 0.25) is 0 Å². The molecule has 19 heavy (non-hydrogen) atoms. The van der Waals surface area contributed by atoms with Crippen molar-refractivity contribution < 1.29 is 19.3 Å². The number of ketones is 2. The fourth-order valence-corrected chi connectivity index (χ4v) is 1.42. The van der Waals surface area contributed by atoms with Crippen molar-refractivity contribution in [2.75, 3.05) is 0 Å². The van der Waals surface area contributed by atoms with Gasteiger partial charge in [0.1, 0.15) is 5.78 Å². The van der Waals surface area contributed by atoms with Gasteiger partial charge < -0.3 is 10.3 Å². The van der Waals surface area contributed by atoms with Crippen LogP contribution in [0, 0.1) is 10.1 Å². The predicted octanol–water partition coefficient (Wildman–Crippen LogP) is 1.55. The van der Waals surface area contributed by atoms with Gasteiger partial charge in [0.2, 0.25) is 5.78 Å². The molecular formula is C12H11N3O4. The van der Waals surface area contributed by atoms with Gasteiger partial charge in [0, 0.05) is 25.0 Å². The van der Waals surface area contributed by atoms with Gasteiger partial charge in [-0.1, -0.05) is 0 Å². The Labute approximate surface area is 108 Å². The third-order valence-electron chi connectivity index (χ3n) is 2.42. The molecule has 0 spiro atoms. The van der Waals surface area contributed by atoms with E-state index in [0.717, 1.165) is 0 Å². The first-order valence-electron chi connectivity index (χ1n) is 5.45. The summed E-state index contributed by atoms with van der Waals surface area (Å²) in [6.45, 7) is 1.36. The van der Waals surface area contributed by atoms with Crippen LogP contribution < -0.4 is 0 Å². The van der Waals surface area contributed by atoms with Gasteiger partial charge >= 0.3 is 5.71 Å². The summed E-state index contributed by atoms with van der Waals surface area (Å²) < 4.78 is 0. The molecule has 1 aromatic rings. The maximum atomic E-state index is 11.7. The number of hydrogen-bond donors (Lipinski definition) is 0. The summed E-state index contributed by atoms with van der Waals surface area (Å²) >= 11 is 0. The number of nitro benzene ring substituents is 1. The lowest BCUT2D eigenvalue weighted by Gasteiger charge is -1.96. The number of nitro groups is 1. The minimum atomic E-state index is -0.572. The van der Waals surface area contributed by atoms with Gasteiger partial charge in [0.25, 0.3) is 5.69 Å². The highest BCUT2D eigenvalue weighted by Gasteiger charge is 2.23. The SMILES string of the molecule is CC(=O)CCC(=O)C(=[N+]=[N-])c1ccc([N+](=O)[O-])cc1. The predicted molar refractivity (Wildman–Crippen MR) is 65.7 cm³/mol. The molecule has 0 aliphatic carbocycles. The first kappa shape index (κ1) is 14.4. The number of nitrogens with zero attached hydrogens (tertiary/aromatic N) is 3. The summed E-state index contributed by atoms with van der Waals surface area (Å²) in [7, 11) is 0. The van der Waals surface area contributed by atoms with Gasteiger partial charge in [-0.25, -0.2) is 0 Å². The zero-order valence-electron chi connectivity index (χ0n) is 10.2. The molecule has 7 nitrogen and oxygen atoms in total. The summed E-state index contributed by atoms with van der Waals surface area (Å²) in [5.41, 5.74) is 8.77. The molecule has 0 radical (unpaired) electrons. The molecule has 0 aliphatic rings. The lowest BCUT2D eigenvalue weighted by Crippen LogP contribution is -2.17. The summed E-state index contributed by atoms with van der Waals surface area (Å²) in [4.78, 5) is 35.3. The van der Waals surface area contributed by atoms with E-state index in [4.69, 9.17) is 5.53 Å². The van der Waals surface area contributed by atoms with Crippen molar-refractivity contribution in [1.82, 2.24) is 0 Å². The second kappa shape index (κ2) is 6.32. The Morgan fingerprint density at radius 2 is 1.84 bits per heavy atom. The number of hydrogen-bond acceptors (Lipinski definition) is 4. The normalized spacial score (nSPS) is 9.53. The molecule has 1 rings (SSSR count). The molecule has 0 fully saturated rings. The Hall–Kier alpha value is -2.66. The highest BCUT2D eigenvalue weighted by molar-refractivity contribution is 6.44. The smallest absolute Gasteiger partial charge is 0.361 e. The lowest BCUT2D eigenvalue weighted by atomic mass is 10.0. The average molecular weight is 261 g/mol. The minimum absolute atomic E-state index is 0.0604. The van der Waals surface area contributed by atoms with Gasteiger partial charge in [-0.2, -0.15) is 4.79 Å². The zero-order chi connectivity index (χ0) is 14.4. The van der Waals surface area contributed by atoms with E-state index in [1.807, 2.05) is 0 Å². The Bertz CT molecular complexity index is 571. The van der Waals surface area contributed by atoms with Crippen molar-refractivity contribution in [1.29, 1.82) is 0 Å². The minimum Gasteiger partial charge on any atom is -0.361 e. The Balaban J connectivity index is 2.92. The molecule has 0 amide bonds. The summed E-state index contributed by atoms with van der Waals surface area (Å²) in [6, 6.07) is 5.05. The van der Waals surface area contributed by atoms with Gasteiger partial charge in [-0.3, -0.25) is 14.9 Å². The van der Waals surface area contributed by atoms with E-state index >= 15 is 0 Å². The molecular weight excluding hydrogens is 250 g/mol. The zero-order valence-corrected chi connectivity index (χ0v) is 10.2. The third kappa shape index (κ3) is 3.93. The first-order valence-corrected chi connectivity index (χ1v) is 5.45. The number of rotatable bonds is 6. The van der Waals surface area contributed by atoms with Crippen LogP contribution >= 0.6 is 0 Å². The maximum Gasteiger partial charge on any atom is 0.364 e. The number of carbonyl (C=O) groups excluding carboxylic acids is 2. The van der Waals surface area contributed by atoms with E-state index in [1.54, 1.807) is 0 Å². The molecule has 0 saturated carbocycles. The summed E-state index contributed by atoms with van der Waals surface area (Å²) in [5.74, 6) is -0.638. The average Bonchev–Trinajstić information content (AvgIpc) is 2.37. The molecule has 0 heterocycles. The largest absolute Gasteiger partial charge is 0.364 e. The topological polar surface area (TPSA) is 114 Å². The maximum absolute atomic E-state index is 11.7. The van der Waals surface area contributed by atoms with E-state index in [2.05, 4.69) is 4.79 Å². The van der Waals surface area contributed by atoms with Crippen LogP contribution in [-0.4, -0.2) is 27.0 Å². The van der Waals surface area contributed by atoms with Crippen molar-refractivity contribution in [3.63, 3.8) is 0 Å². The molecule has 7 heteroatoms. The summed E-state index contributed by atoms with van der Waals surface area (Å²) in [5, 5.41) is 10.5. The molecule has 0 aromatic heterocycles. The van der Waals surface area contributed by atoms with Crippen molar-refractivity contribution in [2.24, 2.45) is 0 Å². The van der Waals surface area contributed by atoms with Crippen LogP contribution in [-0.2, 0) is 9.59 Å². The number of Topliss-reactive ketones (excluding diaryl/α,β-unsaturated/α-hetero) is 2. The fourth-order valence-electron chi connectivity index (χ4n) is 1.42. The van der Waals surface area contributed by atoms with Crippen molar-refractivity contribution in [3.8, 4) is 0 Å². The van der Waals surface area contributed by atoms with E-state index in [-0.39, 0.29) is 35.6 Å².